The van der Waals surface area contributed by atoms with Crippen molar-refractivity contribution in [1.29, 1.82) is 0 Å². The zero-order valence-electron chi connectivity index (χ0n) is 10.5. The number of pyridine rings is 1. The molecular weight excluding hydrogens is 196 g/mol. The third-order valence-corrected chi connectivity index (χ3v) is 2.49. The van der Waals surface area contributed by atoms with Crippen LogP contribution in [0.15, 0.2) is 36.2 Å². The number of hydrogen-bond donors (Lipinski definition) is 1. The first-order chi connectivity index (χ1) is 7.72. The summed E-state index contributed by atoms with van der Waals surface area (Å²) in [6.45, 7) is 7.47. The fraction of sp³-hybridized carbons (Fsp3) is 0.500. The Bertz CT molecular complexity index is 313. The lowest BCUT2D eigenvalue weighted by Crippen LogP contribution is -2.27. The van der Waals surface area contributed by atoms with Gasteiger partial charge in [0, 0.05) is 18.4 Å². The molecule has 88 valence electrons. The Labute approximate surface area is 98.8 Å². The van der Waals surface area contributed by atoms with Crippen LogP contribution in [0.25, 0.3) is 0 Å². The Morgan fingerprint density at radius 3 is 2.62 bits per heavy atom. The van der Waals surface area contributed by atoms with E-state index in [-0.39, 0.29) is 0 Å². The van der Waals surface area contributed by atoms with Gasteiger partial charge in [0.15, 0.2) is 0 Å². The first kappa shape index (κ1) is 12.9. The number of hydrogen-bond acceptors (Lipinski definition) is 2. The molecule has 0 fully saturated rings. The van der Waals surface area contributed by atoms with E-state index in [0.29, 0.717) is 6.04 Å². The zero-order chi connectivity index (χ0) is 11.8. The highest BCUT2D eigenvalue weighted by Gasteiger charge is 2.03. The van der Waals surface area contributed by atoms with Crippen LogP contribution in [-0.4, -0.2) is 17.6 Å². The molecule has 0 aliphatic carbocycles. The van der Waals surface area contributed by atoms with E-state index >= 15 is 0 Å². The predicted octanol–water partition coefficient (Wildman–Crippen LogP) is 2.96. The van der Waals surface area contributed by atoms with Crippen LogP contribution in [0.2, 0.25) is 0 Å². The van der Waals surface area contributed by atoms with Gasteiger partial charge in [-0.3, -0.25) is 4.98 Å². The van der Waals surface area contributed by atoms with Crippen LogP contribution >= 0.6 is 0 Å². The molecule has 1 N–H and O–H groups in total. The quantitative estimate of drug-likeness (QED) is 0.743. The van der Waals surface area contributed by atoms with Gasteiger partial charge in [0.05, 0.1) is 0 Å². The Morgan fingerprint density at radius 2 is 2.06 bits per heavy atom. The largest absolute Gasteiger partial charge is 0.311 e. The summed E-state index contributed by atoms with van der Waals surface area (Å²) in [5.41, 5.74) is 2.74. The van der Waals surface area contributed by atoms with Gasteiger partial charge in [0.1, 0.15) is 0 Å². The monoisotopic (exact) mass is 218 g/mol. The number of nitrogens with one attached hydrogen (secondary N) is 1. The van der Waals surface area contributed by atoms with E-state index in [0.717, 1.165) is 19.4 Å². The van der Waals surface area contributed by atoms with Crippen molar-refractivity contribution in [3.63, 3.8) is 0 Å². The van der Waals surface area contributed by atoms with Gasteiger partial charge in [0.2, 0.25) is 0 Å². The lowest BCUT2D eigenvalue weighted by Gasteiger charge is -2.14. The second-order valence-electron chi connectivity index (χ2n) is 4.30. The maximum absolute atomic E-state index is 4.03. The summed E-state index contributed by atoms with van der Waals surface area (Å²) in [5.74, 6) is 0. The number of aryl methyl sites for hydroxylation is 1. The molecule has 0 aliphatic heterocycles. The number of allylic oxidation sites excluding steroid dienone is 1. The first-order valence-electron chi connectivity index (χ1n) is 5.99. The van der Waals surface area contributed by atoms with E-state index in [1.54, 1.807) is 0 Å². The van der Waals surface area contributed by atoms with Crippen molar-refractivity contribution in [2.24, 2.45) is 0 Å². The smallest absolute Gasteiger partial charge is 0.0270 e. The molecule has 0 saturated carbocycles. The average Bonchev–Trinajstić information content (AvgIpc) is 2.27. The molecular formula is C14H22N2. The van der Waals surface area contributed by atoms with Crippen molar-refractivity contribution < 1.29 is 0 Å². The molecule has 2 nitrogen and oxygen atoms in total. The summed E-state index contributed by atoms with van der Waals surface area (Å²) >= 11 is 0. The summed E-state index contributed by atoms with van der Waals surface area (Å²) in [6.07, 6.45) is 8.27. The van der Waals surface area contributed by atoms with E-state index in [9.17, 15) is 0 Å². The Hall–Kier alpha value is -1.15. The summed E-state index contributed by atoms with van der Waals surface area (Å²) in [6, 6.07) is 4.67. The fourth-order valence-electron chi connectivity index (χ4n) is 1.78. The fourth-order valence-corrected chi connectivity index (χ4v) is 1.78. The molecule has 1 unspecified atom stereocenters. The highest BCUT2D eigenvalue weighted by Crippen LogP contribution is 2.06. The molecule has 1 atom stereocenters. The van der Waals surface area contributed by atoms with Crippen LogP contribution in [-0.2, 0) is 6.42 Å². The number of rotatable bonds is 6. The van der Waals surface area contributed by atoms with Crippen LogP contribution < -0.4 is 5.32 Å². The van der Waals surface area contributed by atoms with Crippen molar-refractivity contribution in [1.82, 2.24) is 10.3 Å². The molecule has 0 radical (unpaired) electrons. The van der Waals surface area contributed by atoms with E-state index in [1.807, 2.05) is 12.4 Å². The highest BCUT2D eigenvalue weighted by atomic mass is 14.9. The summed E-state index contributed by atoms with van der Waals surface area (Å²) < 4.78 is 0. The molecule has 16 heavy (non-hydrogen) atoms. The van der Waals surface area contributed by atoms with Gasteiger partial charge in [0.25, 0.3) is 0 Å². The van der Waals surface area contributed by atoms with E-state index in [4.69, 9.17) is 0 Å². The van der Waals surface area contributed by atoms with Gasteiger partial charge in [-0.15, -0.1) is 0 Å². The highest BCUT2D eigenvalue weighted by molar-refractivity contribution is 5.11. The molecule has 0 aromatic carbocycles. The van der Waals surface area contributed by atoms with Gasteiger partial charge in [-0.05, 0) is 50.9 Å². The van der Waals surface area contributed by atoms with Gasteiger partial charge in [-0.2, -0.15) is 0 Å². The average molecular weight is 218 g/mol. The predicted molar refractivity (Wildman–Crippen MR) is 69.5 cm³/mol. The Balaban J connectivity index is 2.47. The number of likely N-dealkylation sites (N-methyl/N-ethyl adjacent to an activating group) is 1. The van der Waals surface area contributed by atoms with E-state index in [2.05, 4.69) is 49.3 Å². The van der Waals surface area contributed by atoms with Crippen molar-refractivity contribution >= 4 is 0 Å². The second kappa shape index (κ2) is 7.18. The first-order valence-corrected chi connectivity index (χ1v) is 5.99. The SMILES string of the molecule is CCNC(C=C(C)C)CCc1ccncc1. The van der Waals surface area contributed by atoms with E-state index < -0.39 is 0 Å². The molecule has 0 amide bonds. The summed E-state index contributed by atoms with van der Waals surface area (Å²) in [5, 5.41) is 3.49. The minimum absolute atomic E-state index is 0.489. The van der Waals surface area contributed by atoms with Crippen LogP contribution in [0.5, 0.6) is 0 Å². The molecule has 0 aliphatic rings. The maximum Gasteiger partial charge on any atom is 0.0270 e. The third kappa shape index (κ3) is 5.08. The number of aromatic nitrogens is 1. The van der Waals surface area contributed by atoms with Crippen LogP contribution in [0.3, 0.4) is 0 Å². The van der Waals surface area contributed by atoms with Crippen LogP contribution in [0.1, 0.15) is 32.8 Å². The topological polar surface area (TPSA) is 24.9 Å². The summed E-state index contributed by atoms with van der Waals surface area (Å²) in [7, 11) is 0. The van der Waals surface area contributed by atoms with Gasteiger partial charge >= 0.3 is 0 Å². The molecule has 2 heteroatoms. The number of nitrogens with zero attached hydrogens (tertiary/aromatic N) is 1. The van der Waals surface area contributed by atoms with Crippen LogP contribution in [0, 0.1) is 0 Å². The molecule has 1 aromatic rings. The zero-order valence-corrected chi connectivity index (χ0v) is 10.5. The standard InChI is InChI=1S/C14H22N2/c1-4-16-14(11-12(2)3)6-5-13-7-9-15-10-8-13/h7-11,14,16H,4-6H2,1-3H3. The Kier molecular flexibility index (Phi) is 5.79. The van der Waals surface area contributed by atoms with Gasteiger partial charge < -0.3 is 5.32 Å². The van der Waals surface area contributed by atoms with Gasteiger partial charge in [-0.25, -0.2) is 0 Å². The molecule has 1 heterocycles. The summed E-state index contributed by atoms with van der Waals surface area (Å²) in [4.78, 5) is 4.03. The van der Waals surface area contributed by atoms with Crippen LogP contribution in [0.4, 0.5) is 0 Å². The molecule has 1 rings (SSSR count). The van der Waals surface area contributed by atoms with Crippen molar-refractivity contribution in [3.05, 3.63) is 41.7 Å². The lowest BCUT2D eigenvalue weighted by atomic mass is 10.0. The van der Waals surface area contributed by atoms with Crippen molar-refractivity contribution in [3.8, 4) is 0 Å². The third-order valence-electron chi connectivity index (χ3n) is 2.49. The maximum atomic E-state index is 4.03. The minimum atomic E-state index is 0.489. The molecule has 1 aromatic heterocycles. The van der Waals surface area contributed by atoms with Crippen molar-refractivity contribution in [2.45, 2.75) is 39.7 Å². The van der Waals surface area contributed by atoms with Gasteiger partial charge in [-0.1, -0.05) is 18.6 Å². The molecule has 0 saturated heterocycles. The van der Waals surface area contributed by atoms with Crippen molar-refractivity contribution in [2.75, 3.05) is 6.54 Å². The minimum Gasteiger partial charge on any atom is -0.311 e. The Morgan fingerprint density at radius 1 is 1.38 bits per heavy atom. The lowest BCUT2D eigenvalue weighted by molar-refractivity contribution is 0.571. The second-order valence-corrected chi connectivity index (χ2v) is 4.30. The normalized spacial score (nSPS) is 12.2. The molecule has 0 spiro atoms. The molecule has 0 bridgehead atoms. The van der Waals surface area contributed by atoms with E-state index in [1.165, 1.54) is 11.1 Å².